The van der Waals surface area contributed by atoms with Crippen molar-refractivity contribution in [2.75, 3.05) is 103 Å². The average molecular weight is 1910 g/mol. The number of carboxylic acids is 3. The van der Waals surface area contributed by atoms with Crippen molar-refractivity contribution in [3.63, 3.8) is 0 Å². The van der Waals surface area contributed by atoms with Crippen LogP contribution in [0, 0.1) is 24.7 Å². The van der Waals surface area contributed by atoms with Crippen LogP contribution in [0.3, 0.4) is 0 Å². The van der Waals surface area contributed by atoms with Gasteiger partial charge in [0.1, 0.15) is 59.9 Å². The number of aromatic nitrogens is 2. The number of allylic oxidation sites excluding steroid dienone is 3. The molecule has 1 aliphatic carbocycles. The fourth-order valence-electron chi connectivity index (χ4n) is 14.9. The first-order valence-electron chi connectivity index (χ1n) is 41.6. The van der Waals surface area contributed by atoms with Crippen LogP contribution in [0.5, 0.6) is 5.75 Å². The van der Waals surface area contributed by atoms with E-state index < -0.39 is 145 Å². The summed E-state index contributed by atoms with van der Waals surface area (Å²) < 4.78 is 71.0. The third-order valence-electron chi connectivity index (χ3n) is 21.1. The first-order valence-corrected chi connectivity index (χ1v) is 48.6. The molecule has 708 valence electrons. The molecule has 10 unspecified atom stereocenters. The number of nitrogens with zero attached hydrogens (tertiary/aromatic N) is 6. The molecule has 49 heteroatoms. The number of aliphatic carboxylic acids is 3. The molecule has 3 aromatic rings. The second-order valence-electron chi connectivity index (χ2n) is 30.5. The number of nitrogen functional groups attached to an aromatic ring is 1. The van der Waals surface area contributed by atoms with Crippen molar-refractivity contribution in [3.8, 4) is 17.6 Å². The summed E-state index contributed by atoms with van der Waals surface area (Å²) in [6, 6.07) is 4.31. The number of hydrogen-bond donors (Lipinski definition) is 15. The molecule has 0 saturated carbocycles. The van der Waals surface area contributed by atoms with E-state index in [2.05, 4.69) is 88.6 Å². The fraction of sp³-hybridized carbons (Fsp3) is 0.562. The van der Waals surface area contributed by atoms with Crippen molar-refractivity contribution in [2.45, 2.75) is 185 Å². The number of carbonyl (C=O) groups is 12. The Balaban J connectivity index is 0.752. The number of amides is 9. The number of phosphoric ester groups is 1. The maximum atomic E-state index is 14.7. The van der Waals surface area contributed by atoms with Gasteiger partial charge in [0.25, 0.3) is 5.91 Å². The summed E-state index contributed by atoms with van der Waals surface area (Å²) in [6.07, 6.45) is 1.23. The zero-order valence-corrected chi connectivity index (χ0v) is 75.9. The first-order chi connectivity index (χ1) is 61.2. The number of aliphatic hydroxyl groups is 1. The standard InChI is InChI=1S/C80H110N13O31P3S2/c1-6-49-40-62-53(38-47(49)3)72(54-39-48(4)56(82-7-2)41-63(54)121-62)51-17-8-9-18-52(51)77(106)90(5)29-15-22-65(95)85-28-33-119-35-34-118-32-23-66(96)83-26-11-10-19-55(78(107)92-31-14-21-60(92)76(105)87-57(42-70(99)100)74(103)88-58(79(108)109)43-71(101)102)86-75(104)59-20-13-30-91(59)68(98)25-37-129-128-36-24-67(97)84-27-12-16-50-45-93(80(110)89-73(50)81)69-44-61(94)64(122-69)46-120-126(114,115)124-127(116,117)123-125(111,112)113/h8-9,17-18,38-41,45,54-55,57-61,64,69,72,94H,6-7,10-11,13-15,19-37,42-44,46H2,1-5H3,(H,83,96)(H,84,97)(H,85,95)(H,86,104)(H,87,105)(H,88,103)(H,99,100)(H,101,102)(H,108,109)(H,114,115)(H,116,117)(H2,81,89,110)(H2,111,112,113)/b82-56+/t54?,55?,57?,58?,59?,60?,61?,64-,69-,72?/m1/s1. The number of nitrogens with two attached hydrogens (primary N) is 1. The largest absolute Gasteiger partial charge is 0.490 e. The van der Waals surface area contributed by atoms with Crippen molar-refractivity contribution in [3.05, 3.63) is 110 Å². The van der Waals surface area contributed by atoms with Crippen LogP contribution in [-0.4, -0.2) is 281 Å². The maximum Gasteiger partial charge on any atom is 0.490 e. The second kappa shape index (κ2) is 50.0. The van der Waals surface area contributed by atoms with Crippen molar-refractivity contribution >= 4 is 128 Å². The molecule has 12 atom stereocenters. The number of benzene rings is 2. The third-order valence-corrected chi connectivity index (χ3v) is 27.3. The van der Waals surface area contributed by atoms with E-state index in [1.165, 1.54) is 32.1 Å². The van der Waals surface area contributed by atoms with Gasteiger partial charge < -0.3 is 111 Å². The number of aliphatic imine (C=N–C) groups is 1. The van der Waals surface area contributed by atoms with Gasteiger partial charge in [0.05, 0.1) is 69.8 Å². The molecule has 5 heterocycles. The zero-order valence-electron chi connectivity index (χ0n) is 71.6. The van der Waals surface area contributed by atoms with E-state index in [0.29, 0.717) is 31.5 Å². The molecule has 4 aliphatic heterocycles. The summed E-state index contributed by atoms with van der Waals surface area (Å²) in [4.78, 5) is 220. The monoisotopic (exact) mass is 1910 g/mol. The Morgan fingerprint density at radius 1 is 0.744 bits per heavy atom. The van der Waals surface area contributed by atoms with E-state index in [1.54, 1.807) is 11.9 Å². The third kappa shape index (κ3) is 32.3. The zero-order chi connectivity index (χ0) is 94.5. The molecule has 2 aromatic carbocycles. The number of carbonyl (C=O) groups excluding carboxylic acids is 9. The molecular weight excluding hydrogens is 1800 g/mol. The van der Waals surface area contributed by atoms with Gasteiger partial charge in [-0.1, -0.05) is 70.7 Å². The second-order valence-corrected chi connectivity index (χ2v) is 37.7. The van der Waals surface area contributed by atoms with Crippen LogP contribution >= 0.6 is 45.1 Å². The Kier molecular flexibility index (Phi) is 40.5. The summed E-state index contributed by atoms with van der Waals surface area (Å²) in [5.41, 5.74) is 11.6. The molecule has 5 aliphatic rings. The van der Waals surface area contributed by atoms with Gasteiger partial charge in [-0.3, -0.25) is 66.8 Å². The van der Waals surface area contributed by atoms with Gasteiger partial charge in [-0.25, -0.2) is 23.3 Å². The molecule has 16 N–H and O–H groups in total. The van der Waals surface area contributed by atoms with Crippen LogP contribution in [0.1, 0.15) is 167 Å². The summed E-state index contributed by atoms with van der Waals surface area (Å²) in [5.74, 6) is -3.59. The lowest BCUT2D eigenvalue weighted by Gasteiger charge is -2.38. The topological polar surface area (TPSA) is 638 Å². The molecule has 9 amide bonds. The quantitative estimate of drug-likeness (QED) is 0.0167. The number of aliphatic hydroxyl groups excluding tert-OH is 1. The number of hydrogen-bond acceptors (Lipinski definition) is 29. The minimum absolute atomic E-state index is 0.00436. The summed E-state index contributed by atoms with van der Waals surface area (Å²) in [7, 11) is -12.8. The minimum Gasteiger partial charge on any atom is -0.481 e. The average Bonchev–Trinajstić information content (AvgIpc) is 1.30. The molecule has 1 aromatic heterocycles. The number of likely N-dealkylation sites (tertiary alicyclic amines) is 2. The highest BCUT2D eigenvalue weighted by molar-refractivity contribution is 8.76. The number of aryl methyl sites for hydroxylation is 2. The van der Waals surface area contributed by atoms with Crippen LogP contribution in [0.4, 0.5) is 5.82 Å². The lowest BCUT2D eigenvalue weighted by Crippen LogP contribution is -2.58. The minimum atomic E-state index is -5.84. The van der Waals surface area contributed by atoms with Gasteiger partial charge in [0.2, 0.25) is 47.3 Å². The maximum absolute atomic E-state index is 14.7. The summed E-state index contributed by atoms with van der Waals surface area (Å²) in [5, 5.41) is 54.1. The highest BCUT2D eigenvalue weighted by Gasteiger charge is 2.46. The van der Waals surface area contributed by atoms with E-state index in [1.807, 2.05) is 49.5 Å². The van der Waals surface area contributed by atoms with Crippen molar-refractivity contribution in [1.29, 1.82) is 0 Å². The Morgan fingerprint density at radius 2 is 1.39 bits per heavy atom. The Hall–Kier alpha value is -9.78. The van der Waals surface area contributed by atoms with E-state index in [4.69, 9.17) is 39.5 Å². The Morgan fingerprint density at radius 3 is 2.07 bits per heavy atom. The molecular formula is C80H110N13O31P3S2. The van der Waals surface area contributed by atoms with Crippen LogP contribution in [0.25, 0.3) is 0 Å². The predicted octanol–water partition coefficient (Wildman–Crippen LogP) is 2.61. The molecule has 44 nitrogen and oxygen atoms in total. The summed E-state index contributed by atoms with van der Waals surface area (Å²) >= 11 is 0. The van der Waals surface area contributed by atoms with Gasteiger partial charge >= 0.3 is 47.1 Å². The van der Waals surface area contributed by atoms with Crippen LogP contribution in [0.15, 0.2) is 75.9 Å². The van der Waals surface area contributed by atoms with Crippen LogP contribution in [-0.2, 0) is 100 Å². The molecule has 3 fully saturated rings. The number of phosphoric acid groups is 3. The number of unbranched alkanes of at least 4 members (excludes halogenated alkanes) is 1. The lowest BCUT2D eigenvalue weighted by atomic mass is 9.73. The SMILES string of the molecule is CC/N=C1\C=C2Oc3cc(CC)c(C)cc3C(c3ccccc3C(=O)N(C)CCCC(=O)NCCOCCOCCC(=O)NCCCCC(NC(=O)C3CCCN3C(=O)CCSSCCC(=O)NCC#Cc3cn([C@H]4CC(O)[C@@H](COP(=O)(O)OP(=O)(O)OP(=O)(O)O)O4)c(=O)nc3N)C(=O)N3CCCC3C(=O)NC(CC(=O)O)C(=O)NC(CC(=O)O)C(=O)O)C2C=C1C. The van der Waals surface area contributed by atoms with Crippen molar-refractivity contribution in [1.82, 2.24) is 56.2 Å². The van der Waals surface area contributed by atoms with Gasteiger partial charge in [-0.05, 0) is 113 Å². The fourth-order valence-corrected chi connectivity index (χ4v) is 19.9. The van der Waals surface area contributed by atoms with Crippen LogP contribution in [0.2, 0.25) is 0 Å². The molecule has 129 heavy (non-hydrogen) atoms. The van der Waals surface area contributed by atoms with Crippen molar-refractivity contribution < 1.29 is 143 Å². The highest BCUT2D eigenvalue weighted by Crippen LogP contribution is 2.66. The van der Waals surface area contributed by atoms with Gasteiger partial charge in [-0.15, -0.1) is 0 Å². The highest BCUT2D eigenvalue weighted by atomic mass is 33.1. The van der Waals surface area contributed by atoms with Crippen molar-refractivity contribution in [2.24, 2.45) is 10.9 Å². The smallest absolute Gasteiger partial charge is 0.481 e. The van der Waals surface area contributed by atoms with Gasteiger partial charge in [-0.2, -0.15) is 13.6 Å². The molecule has 0 spiro atoms. The predicted molar refractivity (Wildman–Crippen MR) is 464 cm³/mol. The number of fused-ring (bicyclic) bond motifs is 2. The normalized spacial score (nSPS) is 20.1. The van der Waals surface area contributed by atoms with E-state index in [0.717, 1.165) is 61.6 Å². The molecule has 3 saturated heterocycles. The van der Waals surface area contributed by atoms with E-state index in [9.17, 15) is 106 Å². The van der Waals surface area contributed by atoms with E-state index >= 15 is 0 Å². The number of anilines is 1. The Bertz CT molecular complexity index is 4960. The Labute approximate surface area is 749 Å². The molecule has 0 radical (unpaired) electrons. The number of ether oxygens (including phenoxy) is 4. The lowest BCUT2D eigenvalue weighted by molar-refractivity contribution is -0.148. The molecule has 8 rings (SSSR count). The van der Waals surface area contributed by atoms with E-state index in [-0.39, 0.29) is 188 Å². The number of nitrogens with one attached hydrogen (secondary N) is 6. The first kappa shape index (κ1) is 105. The number of carboxylic acid groups (broad SMARTS) is 3. The number of rotatable bonds is 50. The van der Waals surface area contributed by atoms with Gasteiger partial charge in [0.15, 0.2) is 0 Å². The van der Waals surface area contributed by atoms with Crippen LogP contribution < -0.4 is 48.1 Å². The van der Waals surface area contributed by atoms with Gasteiger partial charge in [0, 0.05) is 125 Å². The molecule has 0 bridgehead atoms. The summed E-state index contributed by atoms with van der Waals surface area (Å²) in [6.45, 7) is 8.97.